The van der Waals surface area contributed by atoms with Crippen molar-refractivity contribution < 1.29 is 9.18 Å². The van der Waals surface area contributed by atoms with E-state index >= 15 is 0 Å². The quantitative estimate of drug-likeness (QED) is 0.873. The van der Waals surface area contributed by atoms with Crippen LogP contribution in [-0.2, 0) is 11.3 Å². The van der Waals surface area contributed by atoms with E-state index in [1.807, 2.05) is 32.4 Å². The molecule has 0 aliphatic carbocycles. The number of nitrogens with one attached hydrogen (secondary N) is 1. The molecule has 0 radical (unpaired) electrons. The Balaban J connectivity index is 2.18. The molecule has 2 rings (SSSR count). The molecule has 0 aliphatic rings. The molecule has 124 valence electrons. The summed E-state index contributed by atoms with van der Waals surface area (Å²) < 4.78 is 14.8. The summed E-state index contributed by atoms with van der Waals surface area (Å²) in [6, 6.07) is 6.37. The van der Waals surface area contributed by atoms with Gasteiger partial charge in [0, 0.05) is 5.92 Å². The van der Waals surface area contributed by atoms with Crippen molar-refractivity contribution in [3.63, 3.8) is 0 Å². The zero-order valence-corrected chi connectivity index (χ0v) is 14.2. The standard InChI is InChI=1S/C18H24FN3O/c1-5-15(6-2)18(23)20-17-12(3)21-22(13(17)4)11-14-7-9-16(19)10-8-14/h7-10,15H,5-6,11H2,1-4H3,(H,20,23). The number of aromatic nitrogens is 2. The first-order valence-corrected chi connectivity index (χ1v) is 8.05. The third-order valence-electron chi connectivity index (χ3n) is 4.23. The fraction of sp³-hybridized carbons (Fsp3) is 0.444. The van der Waals surface area contributed by atoms with Gasteiger partial charge in [0.2, 0.25) is 5.91 Å². The minimum Gasteiger partial charge on any atom is -0.323 e. The molecule has 1 amide bonds. The SMILES string of the molecule is CCC(CC)C(=O)Nc1c(C)nn(Cc2ccc(F)cc2)c1C. The Kier molecular flexibility index (Phi) is 5.53. The number of aryl methyl sites for hydroxylation is 1. The van der Waals surface area contributed by atoms with Gasteiger partial charge in [-0.25, -0.2) is 4.39 Å². The number of carbonyl (C=O) groups excluding carboxylic acids is 1. The maximum absolute atomic E-state index is 13.0. The highest BCUT2D eigenvalue weighted by molar-refractivity contribution is 5.93. The summed E-state index contributed by atoms with van der Waals surface area (Å²) in [6.07, 6.45) is 1.65. The second-order valence-electron chi connectivity index (χ2n) is 5.83. The van der Waals surface area contributed by atoms with Crippen LogP contribution < -0.4 is 5.32 Å². The Morgan fingerprint density at radius 1 is 1.22 bits per heavy atom. The second-order valence-corrected chi connectivity index (χ2v) is 5.83. The van der Waals surface area contributed by atoms with Gasteiger partial charge in [-0.15, -0.1) is 0 Å². The molecule has 4 nitrogen and oxygen atoms in total. The van der Waals surface area contributed by atoms with Crippen LogP contribution in [0.2, 0.25) is 0 Å². The molecule has 2 aromatic rings. The Morgan fingerprint density at radius 3 is 2.39 bits per heavy atom. The Bertz CT molecular complexity index is 672. The molecule has 0 bridgehead atoms. The summed E-state index contributed by atoms with van der Waals surface area (Å²) in [5.74, 6) is -0.183. The first-order valence-electron chi connectivity index (χ1n) is 8.05. The smallest absolute Gasteiger partial charge is 0.227 e. The zero-order chi connectivity index (χ0) is 17.0. The van der Waals surface area contributed by atoms with Crippen LogP contribution >= 0.6 is 0 Å². The number of hydrogen-bond acceptors (Lipinski definition) is 2. The monoisotopic (exact) mass is 317 g/mol. The van der Waals surface area contributed by atoms with Crippen LogP contribution in [0.15, 0.2) is 24.3 Å². The minimum absolute atomic E-state index is 0.0225. The molecular weight excluding hydrogens is 293 g/mol. The Morgan fingerprint density at radius 2 is 1.83 bits per heavy atom. The maximum Gasteiger partial charge on any atom is 0.227 e. The molecule has 0 saturated heterocycles. The summed E-state index contributed by atoms with van der Waals surface area (Å²) in [5, 5.41) is 7.51. The van der Waals surface area contributed by atoms with Gasteiger partial charge in [-0.05, 0) is 44.4 Å². The van der Waals surface area contributed by atoms with E-state index < -0.39 is 0 Å². The lowest BCUT2D eigenvalue weighted by Gasteiger charge is -2.13. The van der Waals surface area contributed by atoms with Crippen molar-refractivity contribution in [3.8, 4) is 0 Å². The fourth-order valence-corrected chi connectivity index (χ4v) is 2.68. The summed E-state index contributed by atoms with van der Waals surface area (Å²) in [5.41, 5.74) is 3.45. The lowest BCUT2D eigenvalue weighted by Crippen LogP contribution is -2.22. The van der Waals surface area contributed by atoms with Gasteiger partial charge >= 0.3 is 0 Å². The number of anilines is 1. The summed E-state index contributed by atoms with van der Waals surface area (Å²) in [6.45, 7) is 8.41. The highest BCUT2D eigenvalue weighted by Gasteiger charge is 2.19. The van der Waals surface area contributed by atoms with Crippen molar-refractivity contribution in [2.45, 2.75) is 47.1 Å². The topological polar surface area (TPSA) is 46.9 Å². The van der Waals surface area contributed by atoms with Gasteiger partial charge in [-0.1, -0.05) is 26.0 Å². The fourth-order valence-electron chi connectivity index (χ4n) is 2.68. The van der Waals surface area contributed by atoms with Gasteiger partial charge in [0.1, 0.15) is 5.82 Å². The molecule has 1 aromatic heterocycles. The Hall–Kier alpha value is -2.17. The van der Waals surface area contributed by atoms with Crippen LogP contribution in [0.25, 0.3) is 0 Å². The van der Waals surface area contributed by atoms with E-state index in [-0.39, 0.29) is 17.6 Å². The highest BCUT2D eigenvalue weighted by atomic mass is 19.1. The number of carbonyl (C=O) groups is 1. The predicted octanol–water partition coefficient (Wildman–Crippen LogP) is 4.06. The molecule has 1 heterocycles. The van der Waals surface area contributed by atoms with Gasteiger partial charge in [0.25, 0.3) is 0 Å². The molecule has 0 unspecified atom stereocenters. The number of amides is 1. The third kappa shape index (κ3) is 3.97. The molecule has 0 spiro atoms. The Labute approximate surface area is 136 Å². The molecule has 0 aliphatic heterocycles. The average molecular weight is 317 g/mol. The van der Waals surface area contributed by atoms with Crippen LogP contribution in [0.3, 0.4) is 0 Å². The molecule has 0 fully saturated rings. The molecule has 5 heteroatoms. The van der Waals surface area contributed by atoms with Crippen molar-refractivity contribution in [1.29, 1.82) is 0 Å². The van der Waals surface area contributed by atoms with Crippen LogP contribution in [0.5, 0.6) is 0 Å². The first-order chi connectivity index (χ1) is 11.0. The summed E-state index contributed by atoms with van der Waals surface area (Å²) in [4.78, 5) is 12.3. The number of nitrogens with zero attached hydrogens (tertiary/aromatic N) is 2. The van der Waals surface area contributed by atoms with Crippen molar-refractivity contribution in [2.24, 2.45) is 5.92 Å². The van der Waals surface area contributed by atoms with Gasteiger partial charge < -0.3 is 5.32 Å². The molecule has 1 N–H and O–H groups in total. The lowest BCUT2D eigenvalue weighted by atomic mass is 10.0. The van der Waals surface area contributed by atoms with Crippen LogP contribution in [0, 0.1) is 25.6 Å². The molecule has 1 aromatic carbocycles. The van der Waals surface area contributed by atoms with Crippen molar-refractivity contribution >= 4 is 11.6 Å². The van der Waals surface area contributed by atoms with Gasteiger partial charge in [-0.3, -0.25) is 9.48 Å². The third-order valence-corrected chi connectivity index (χ3v) is 4.23. The van der Waals surface area contributed by atoms with Crippen molar-refractivity contribution in [1.82, 2.24) is 9.78 Å². The maximum atomic E-state index is 13.0. The zero-order valence-electron chi connectivity index (χ0n) is 14.2. The molecular formula is C18H24FN3O. The summed E-state index contributed by atoms with van der Waals surface area (Å²) in [7, 11) is 0. The van der Waals surface area contributed by atoms with E-state index in [0.717, 1.165) is 35.5 Å². The van der Waals surface area contributed by atoms with Crippen LogP contribution in [-0.4, -0.2) is 15.7 Å². The number of benzene rings is 1. The average Bonchev–Trinajstić information content (AvgIpc) is 2.78. The highest BCUT2D eigenvalue weighted by Crippen LogP contribution is 2.22. The van der Waals surface area contributed by atoms with Gasteiger partial charge in [0.15, 0.2) is 0 Å². The first kappa shape index (κ1) is 17.2. The van der Waals surface area contributed by atoms with Gasteiger partial charge in [0.05, 0.1) is 23.6 Å². The van der Waals surface area contributed by atoms with Crippen molar-refractivity contribution in [2.75, 3.05) is 5.32 Å². The molecule has 0 saturated carbocycles. The van der Waals surface area contributed by atoms with Crippen LogP contribution in [0.1, 0.15) is 43.6 Å². The minimum atomic E-state index is -0.250. The predicted molar refractivity (Wildman–Crippen MR) is 89.9 cm³/mol. The normalized spacial score (nSPS) is 11.0. The molecule has 23 heavy (non-hydrogen) atoms. The second kappa shape index (κ2) is 7.40. The number of halogens is 1. The summed E-state index contributed by atoms with van der Waals surface area (Å²) >= 11 is 0. The lowest BCUT2D eigenvalue weighted by molar-refractivity contribution is -0.120. The van der Waals surface area contributed by atoms with Gasteiger partial charge in [-0.2, -0.15) is 5.10 Å². The van der Waals surface area contributed by atoms with Crippen LogP contribution in [0.4, 0.5) is 10.1 Å². The number of hydrogen-bond donors (Lipinski definition) is 1. The van der Waals surface area contributed by atoms with E-state index in [2.05, 4.69) is 10.4 Å². The van der Waals surface area contributed by atoms with E-state index in [1.165, 1.54) is 12.1 Å². The number of rotatable bonds is 6. The molecule has 0 atom stereocenters. The van der Waals surface area contributed by atoms with E-state index in [1.54, 1.807) is 12.1 Å². The van der Waals surface area contributed by atoms with E-state index in [9.17, 15) is 9.18 Å². The van der Waals surface area contributed by atoms with Crippen molar-refractivity contribution in [3.05, 3.63) is 47.0 Å². The largest absolute Gasteiger partial charge is 0.323 e. The van der Waals surface area contributed by atoms with E-state index in [0.29, 0.717) is 6.54 Å². The van der Waals surface area contributed by atoms with E-state index in [4.69, 9.17) is 0 Å².